The smallest absolute Gasteiger partial charge is 0.0299 e. The summed E-state index contributed by atoms with van der Waals surface area (Å²) in [7, 11) is 0. The van der Waals surface area contributed by atoms with E-state index in [1.165, 1.54) is 25.1 Å². The first kappa shape index (κ1) is 11.6. The molecule has 1 aromatic heterocycles. The number of hydrogen-bond acceptors (Lipinski definition) is 3. The Balaban J connectivity index is 1.71. The first-order valence-corrected chi connectivity index (χ1v) is 6.20. The maximum atomic E-state index is 4.14. The number of piperazine rings is 1. The van der Waals surface area contributed by atoms with Crippen molar-refractivity contribution in [3.8, 4) is 0 Å². The maximum absolute atomic E-state index is 4.14. The molecule has 0 amide bonds. The van der Waals surface area contributed by atoms with Crippen LogP contribution in [-0.4, -0.2) is 42.1 Å². The lowest BCUT2D eigenvalue weighted by Crippen LogP contribution is -2.49. The van der Waals surface area contributed by atoms with E-state index >= 15 is 0 Å². The highest BCUT2D eigenvalue weighted by molar-refractivity contribution is 5.08. The minimum absolute atomic E-state index is 0.683. The number of pyridine rings is 1. The van der Waals surface area contributed by atoms with Gasteiger partial charge in [-0.2, -0.15) is 0 Å². The number of nitrogens with one attached hydrogen (secondary N) is 1. The van der Waals surface area contributed by atoms with Gasteiger partial charge in [-0.25, -0.2) is 0 Å². The third-order valence-corrected chi connectivity index (χ3v) is 3.27. The molecule has 1 atom stereocenters. The average molecular weight is 219 g/mol. The van der Waals surface area contributed by atoms with E-state index in [2.05, 4.69) is 28.2 Å². The van der Waals surface area contributed by atoms with Crippen LogP contribution < -0.4 is 5.32 Å². The van der Waals surface area contributed by atoms with Crippen LogP contribution in [0.25, 0.3) is 0 Å². The molecule has 1 aliphatic heterocycles. The number of rotatable bonds is 4. The van der Waals surface area contributed by atoms with Gasteiger partial charge in [-0.3, -0.25) is 9.88 Å². The van der Waals surface area contributed by atoms with Crippen molar-refractivity contribution in [1.29, 1.82) is 0 Å². The predicted molar refractivity (Wildman–Crippen MR) is 66.5 cm³/mol. The Kier molecular flexibility index (Phi) is 4.31. The van der Waals surface area contributed by atoms with E-state index in [9.17, 15) is 0 Å². The van der Waals surface area contributed by atoms with Crippen molar-refractivity contribution in [2.45, 2.75) is 25.8 Å². The van der Waals surface area contributed by atoms with Crippen LogP contribution >= 0.6 is 0 Å². The average Bonchev–Trinajstić information content (AvgIpc) is 2.33. The standard InChI is InChI=1S/C13H21N3/c1-12-10-15-7-9-16(12)8-3-5-13-4-2-6-14-11-13/h2,4,6,11-12,15H,3,5,7-10H2,1H3. The first-order chi connectivity index (χ1) is 7.86. The molecule has 1 saturated heterocycles. The molecule has 16 heavy (non-hydrogen) atoms. The zero-order valence-electron chi connectivity index (χ0n) is 10.0. The lowest BCUT2D eigenvalue weighted by Gasteiger charge is -2.33. The van der Waals surface area contributed by atoms with Crippen molar-refractivity contribution in [2.24, 2.45) is 0 Å². The van der Waals surface area contributed by atoms with E-state index in [1.807, 2.05) is 18.5 Å². The number of hydrogen-bond donors (Lipinski definition) is 1. The third-order valence-electron chi connectivity index (χ3n) is 3.27. The monoisotopic (exact) mass is 219 g/mol. The summed E-state index contributed by atoms with van der Waals surface area (Å²) in [6, 6.07) is 4.86. The van der Waals surface area contributed by atoms with Crippen LogP contribution in [0.1, 0.15) is 18.9 Å². The molecule has 1 N–H and O–H groups in total. The molecule has 88 valence electrons. The Labute approximate surface area is 97.9 Å². The van der Waals surface area contributed by atoms with Gasteiger partial charge in [0.25, 0.3) is 0 Å². The van der Waals surface area contributed by atoms with Crippen molar-refractivity contribution >= 4 is 0 Å². The summed E-state index contributed by atoms with van der Waals surface area (Å²) in [5.41, 5.74) is 1.35. The van der Waals surface area contributed by atoms with Crippen molar-refractivity contribution in [3.63, 3.8) is 0 Å². The topological polar surface area (TPSA) is 28.2 Å². The fourth-order valence-electron chi connectivity index (χ4n) is 2.25. The van der Waals surface area contributed by atoms with Crippen LogP contribution in [0.2, 0.25) is 0 Å². The maximum Gasteiger partial charge on any atom is 0.0299 e. The molecule has 0 aromatic carbocycles. The van der Waals surface area contributed by atoms with E-state index in [4.69, 9.17) is 0 Å². The Morgan fingerprint density at radius 1 is 1.56 bits per heavy atom. The van der Waals surface area contributed by atoms with E-state index < -0.39 is 0 Å². The lowest BCUT2D eigenvalue weighted by atomic mass is 10.1. The number of aromatic nitrogens is 1. The van der Waals surface area contributed by atoms with Gasteiger partial charge in [0.05, 0.1) is 0 Å². The highest BCUT2D eigenvalue weighted by Crippen LogP contribution is 2.06. The second-order valence-electron chi connectivity index (χ2n) is 4.55. The summed E-state index contributed by atoms with van der Waals surface area (Å²) in [6.07, 6.45) is 6.18. The van der Waals surface area contributed by atoms with Crippen molar-refractivity contribution in [1.82, 2.24) is 15.2 Å². The van der Waals surface area contributed by atoms with Gasteiger partial charge in [0, 0.05) is 38.1 Å². The van der Waals surface area contributed by atoms with E-state index in [0.717, 1.165) is 19.5 Å². The zero-order chi connectivity index (χ0) is 11.2. The summed E-state index contributed by atoms with van der Waals surface area (Å²) < 4.78 is 0. The molecule has 0 saturated carbocycles. The number of aryl methyl sites for hydroxylation is 1. The molecular formula is C13H21N3. The normalized spacial score (nSPS) is 22.2. The van der Waals surface area contributed by atoms with E-state index in [-0.39, 0.29) is 0 Å². The predicted octanol–water partition coefficient (Wildman–Crippen LogP) is 1.31. The minimum atomic E-state index is 0.683. The molecule has 0 bridgehead atoms. The van der Waals surface area contributed by atoms with Crippen molar-refractivity contribution < 1.29 is 0 Å². The molecule has 0 spiro atoms. The zero-order valence-corrected chi connectivity index (χ0v) is 10.0. The summed E-state index contributed by atoms with van der Waals surface area (Å²) in [5, 5.41) is 3.42. The van der Waals surface area contributed by atoms with E-state index in [0.29, 0.717) is 6.04 Å². The summed E-state index contributed by atoms with van der Waals surface area (Å²) in [6.45, 7) is 6.96. The molecule has 2 rings (SSSR count). The van der Waals surface area contributed by atoms with Gasteiger partial charge in [0.1, 0.15) is 0 Å². The summed E-state index contributed by atoms with van der Waals surface area (Å²) >= 11 is 0. The fraction of sp³-hybridized carbons (Fsp3) is 0.615. The van der Waals surface area contributed by atoms with Crippen molar-refractivity contribution in [3.05, 3.63) is 30.1 Å². The molecule has 1 unspecified atom stereocenters. The van der Waals surface area contributed by atoms with Crippen LogP contribution in [-0.2, 0) is 6.42 Å². The van der Waals surface area contributed by atoms with Crippen LogP contribution in [0.15, 0.2) is 24.5 Å². The molecule has 0 aliphatic carbocycles. The van der Waals surface area contributed by atoms with Gasteiger partial charge in [-0.1, -0.05) is 6.07 Å². The van der Waals surface area contributed by atoms with Gasteiger partial charge in [-0.05, 0) is 37.9 Å². The first-order valence-electron chi connectivity index (χ1n) is 6.20. The summed E-state index contributed by atoms with van der Waals surface area (Å²) in [4.78, 5) is 6.72. The Morgan fingerprint density at radius 3 is 3.25 bits per heavy atom. The van der Waals surface area contributed by atoms with Gasteiger partial charge in [-0.15, -0.1) is 0 Å². The van der Waals surface area contributed by atoms with Crippen LogP contribution in [0.4, 0.5) is 0 Å². The lowest BCUT2D eigenvalue weighted by molar-refractivity contribution is 0.172. The Bertz CT molecular complexity index is 299. The second kappa shape index (κ2) is 5.97. The SMILES string of the molecule is CC1CNCCN1CCCc1cccnc1. The highest BCUT2D eigenvalue weighted by Gasteiger charge is 2.16. The van der Waals surface area contributed by atoms with Gasteiger partial charge < -0.3 is 5.32 Å². The van der Waals surface area contributed by atoms with Crippen LogP contribution in [0, 0.1) is 0 Å². The Hall–Kier alpha value is -0.930. The molecule has 1 aromatic rings. The molecule has 3 nitrogen and oxygen atoms in total. The molecule has 2 heterocycles. The van der Waals surface area contributed by atoms with Gasteiger partial charge in [0.2, 0.25) is 0 Å². The van der Waals surface area contributed by atoms with Gasteiger partial charge >= 0.3 is 0 Å². The van der Waals surface area contributed by atoms with Gasteiger partial charge in [0.15, 0.2) is 0 Å². The minimum Gasteiger partial charge on any atom is -0.314 e. The quantitative estimate of drug-likeness (QED) is 0.827. The van der Waals surface area contributed by atoms with Crippen LogP contribution in [0.5, 0.6) is 0 Å². The number of nitrogens with zero attached hydrogens (tertiary/aromatic N) is 2. The van der Waals surface area contributed by atoms with Crippen molar-refractivity contribution in [2.75, 3.05) is 26.2 Å². The molecule has 0 radical (unpaired) electrons. The van der Waals surface area contributed by atoms with Crippen LogP contribution in [0.3, 0.4) is 0 Å². The fourth-order valence-corrected chi connectivity index (χ4v) is 2.25. The molecule has 1 aliphatic rings. The molecule has 1 fully saturated rings. The second-order valence-corrected chi connectivity index (χ2v) is 4.55. The molecular weight excluding hydrogens is 198 g/mol. The largest absolute Gasteiger partial charge is 0.314 e. The van der Waals surface area contributed by atoms with E-state index in [1.54, 1.807) is 0 Å². The highest BCUT2D eigenvalue weighted by atomic mass is 15.2. The summed E-state index contributed by atoms with van der Waals surface area (Å²) in [5.74, 6) is 0. The third kappa shape index (κ3) is 3.29. The molecule has 3 heteroatoms. The Morgan fingerprint density at radius 2 is 2.50 bits per heavy atom.